The van der Waals surface area contributed by atoms with E-state index in [4.69, 9.17) is 32.7 Å². The second kappa shape index (κ2) is 9.37. The van der Waals surface area contributed by atoms with Gasteiger partial charge < -0.3 is 14.6 Å². The van der Waals surface area contributed by atoms with E-state index in [1.807, 2.05) is 0 Å². The lowest BCUT2D eigenvalue weighted by atomic mass is 9.95. The number of nitrogens with zero attached hydrogens (tertiary/aromatic N) is 1. The minimum absolute atomic E-state index is 0.167. The van der Waals surface area contributed by atoms with Crippen LogP contribution in [0.15, 0.2) is 66.2 Å². The van der Waals surface area contributed by atoms with Gasteiger partial charge in [-0.3, -0.25) is 14.5 Å². The van der Waals surface area contributed by atoms with Crippen LogP contribution in [0.1, 0.15) is 17.2 Å². The predicted octanol–water partition coefficient (Wildman–Crippen LogP) is 5.78. The van der Waals surface area contributed by atoms with Crippen molar-refractivity contribution in [3.8, 4) is 11.5 Å². The highest BCUT2D eigenvalue weighted by molar-refractivity contribution is 6.52. The fraction of sp³-hybridized carbons (Fsp3) is 0.120. The normalized spacial score (nSPS) is 17.2. The number of Topliss-reactive ketones (excluding diaryl/α,β-unsaturated/α-hetero) is 1. The molecule has 3 aromatic rings. The van der Waals surface area contributed by atoms with E-state index in [1.165, 1.54) is 49.5 Å². The van der Waals surface area contributed by atoms with Gasteiger partial charge in [0.05, 0.1) is 35.9 Å². The fourth-order valence-electron chi connectivity index (χ4n) is 3.83. The fourth-order valence-corrected chi connectivity index (χ4v) is 4.26. The molecule has 1 atom stereocenters. The SMILES string of the molecule is COc1cccc(C2/C(=C(\O)c3ccc(OC)c(Cl)c3)C(=O)C(=O)N2c2ccc(F)c(Cl)c2)c1. The Hall–Kier alpha value is -3.55. The van der Waals surface area contributed by atoms with Crippen molar-refractivity contribution in [1.29, 1.82) is 0 Å². The Morgan fingerprint density at radius 2 is 1.74 bits per heavy atom. The number of ketones is 1. The van der Waals surface area contributed by atoms with Gasteiger partial charge in [-0.2, -0.15) is 0 Å². The van der Waals surface area contributed by atoms with Crippen molar-refractivity contribution in [3.63, 3.8) is 0 Å². The molecule has 0 bridgehead atoms. The van der Waals surface area contributed by atoms with Crippen molar-refractivity contribution in [2.45, 2.75) is 6.04 Å². The number of carbonyl (C=O) groups excluding carboxylic acids is 2. The number of methoxy groups -OCH3 is 2. The van der Waals surface area contributed by atoms with E-state index in [-0.39, 0.29) is 26.9 Å². The van der Waals surface area contributed by atoms with Gasteiger partial charge in [0.25, 0.3) is 11.7 Å². The summed E-state index contributed by atoms with van der Waals surface area (Å²) in [5.41, 5.74) is 0.724. The second-order valence-corrected chi connectivity index (χ2v) is 8.21. The van der Waals surface area contributed by atoms with Crippen LogP contribution in [0.4, 0.5) is 10.1 Å². The van der Waals surface area contributed by atoms with Crippen molar-refractivity contribution < 1.29 is 28.6 Å². The van der Waals surface area contributed by atoms with Gasteiger partial charge in [-0.25, -0.2) is 4.39 Å². The summed E-state index contributed by atoms with van der Waals surface area (Å²) in [6.07, 6.45) is 0. The zero-order valence-corrected chi connectivity index (χ0v) is 19.5. The van der Waals surface area contributed by atoms with Gasteiger partial charge in [-0.1, -0.05) is 35.3 Å². The van der Waals surface area contributed by atoms with E-state index in [0.717, 1.165) is 6.07 Å². The number of aliphatic hydroxyl groups excluding tert-OH is 1. The maximum atomic E-state index is 13.8. The Bertz CT molecular complexity index is 1340. The Labute approximate surface area is 204 Å². The third kappa shape index (κ3) is 4.08. The first-order valence-electron chi connectivity index (χ1n) is 10.0. The maximum Gasteiger partial charge on any atom is 0.300 e. The molecule has 34 heavy (non-hydrogen) atoms. The van der Waals surface area contributed by atoms with Crippen molar-refractivity contribution in [2.24, 2.45) is 0 Å². The molecular weight excluding hydrogens is 484 g/mol. The van der Waals surface area contributed by atoms with Crippen LogP contribution in [-0.4, -0.2) is 31.0 Å². The van der Waals surface area contributed by atoms with Crippen LogP contribution >= 0.6 is 23.2 Å². The average Bonchev–Trinajstić information content (AvgIpc) is 3.10. The molecule has 0 saturated carbocycles. The van der Waals surface area contributed by atoms with Crippen molar-refractivity contribution in [3.05, 3.63) is 93.2 Å². The Morgan fingerprint density at radius 3 is 2.38 bits per heavy atom. The zero-order valence-electron chi connectivity index (χ0n) is 18.0. The van der Waals surface area contributed by atoms with Crippen molar-refractivity contribution >= 4 is 46.3 Å². The molecule has 174 valence electrons. The standard InChI is InChI=1S/C25H18Cl2FNO5/c1-33-16-5-3-4-13(10-16)22-21(23(30)14-6-9-20(34-2)18(27)11-14)24(31)25(32)29(22)15-7-8-19(28)17(26)12-15/h3-12,22,30H,1-2H3/b23-21+. The van der Waals surface area contributed by atoms with E-state index in [0.29, 0.717) is 17.1 Å². The molecule has 3 aromatic carbocycles. The molecule has 1 aliphatic heterocycles. The van der Waals surface area contributed by atoms with Gasteiger partial charge in [0.15, 0.2) is 0 Å². The molecule has 1 heterocycles. The van der Waals surface area contributed by atoms with Crippen LogP contribution < -0.4 is 14.4 Å². The average molecular weight is 502 g/mol. The maximum absolute atomic E-state index is 13.8. The number of amides is 1. The second-order valence-electron chi connectivity index (χ2n) is 7.39. The quantitative estimate of drug-likeness (QED) is 0.272. The Balaban J connectivity index is 1.96. The van der Waals surface area contributed by atoms with Crippen LogP contribution in [0.5, 0.6) is 11.5 Å². The molecule has 4 rings (SSSR count). The molecule has 0 aromatic heterocycles. The van der Waals surface area contributed by atoms with Crippen LogP contribution in [0.25, 0.3) is 5.76 Å². The molecular formula is C25H18Cl2FNO5. The number of halogens is 3. The van der Waals surface area contributed by atoms with Gasteiger partial charge >= 0.3 is 0 Å². The molecule has 1 aliphatic rings. The van der Waals surface area contributed by atoms with Gasteiger partial charge in [0.1, 0.15) is 23.1 Å². The Kier molecular flexibility index (Phi) is 6.50. The number of hydrogen-bond donors (Lipinski definition) is 1. The van der Waals surface area contributed by atoms with Crippen LogP contribution in [0.3, 0.4) is 0 Å². The van der Waals surface area contributed by atoms with Gasteiger partial charge in [-0.05, 0) is 54.1 Å². The monoisotopic (exact) mass is 501 g/mol. The van der Waals surface area contributed by atoms with Crippen molar-refractivity contribution in [2.75, 3.05) is 19.1 Å². The minimum atomic E-state index is -1.04. The number of ether oxygens (including phenoxy) is 2. The summed E-state index contributed by atoms with van der Waals surface area (Å²) in [5, 5.41) is 11.2. The highest BCUT2D eigenvalue weighted by Crippen LogP contribution is 2.44. The smallest absolute Gasteiger partial charge is 0.300 e. The molecule has 0 aliphatic carbocycles. The summed E-state index contributed by atoms with van der Waals surface area (Å²) >= 11 is 12.2. The van der Waals surface area contributed by atoms with E-state index in [9.17, 15) is 19.1 Å². The number of rotatable bonds is 5. The van der Waals surface area contributed by atoms with Gasteiger partial charge in [0.2, 0.25) is 0 Å². The van der Waals surface area contributed by atoms with Gasteiger partial charge in [0, 0.05) is 11.3 Å². The molecule has 0 spiro atoms. The third-order valence-corrected chi connectivity index (χ3v) is 6.05. The first kappa shape index (κ1) is 23.6. The molecule has 9 heteroatoms. The molecule has 1 N–H and O–H groups in total. The van der Waals surface area contributed by atoms with E-state index in [2.05, 4.69) is 0 Å². The molecule has 1 amide bonds. The number of carbonyl (C=O) groups is 2. The topological polar surface area (TPSA) is 76.1 Å². The number of hydrogen-bond acceptors (Lipinski definition) is 5. The van der Waals surface area contributed by atoms with E-state index in [1.54, 1.807) is 24.3 Å². The summed E-state index contributed by atoms with van der Waals surface area (Å²) in [6, 6.07) is 13.8. The zero-order chi connectivity index (χ0) is 24.6. The van der Waals surface area contributed by atoms with Crippen LogP contribution in [-0.2, 0) is 9.59 Å². The summed E-state index contributed by atoms with van der Waals surface area (Å²) in [7, 11) is 2.93. The van der Waals surface area contributed by atoms with Gasteiger partial charge in [-0.15, -0.1) is 0 Å². The molecule has 0 radical (unpaired) electrons. The lowest BCUT2D eigenvalue weighted by molar-refractivity contribution is -0.132. The molecule has 1 unspecified atom stereocenters. The van der Waals surface area contributed by atoms with Crippen LogP contribution in [0, 0.1) is 5.82 Å². The molecule has 6 nitrogen and oxygen atoms in total. The third-order valence-electron chi connectivity index (χ3n) is 5.46. The minimum Gasteiger partial charge on any atom is -0.507 e. The highest BCUT2D eigenvalue weighted by atomic mass is 35.5. The summed E-state index contributed by atoms with van der Waals surface area (Å²) in [6.45, 7) is 0. The molecule has 1 saturated heterocycles. The van der Waals surface area contributed by atoms with E-state index < -0.39 is 29.3 Å². The predicted molar refractivity (Wildman–Crippen MR) is 127 cm³/mol. The van der Waals surface area contributed by atoms with Crippen LogP contribution in [0.2, 0.25) is 10.0 Å². The summed E-state index contributed by atoms with van der Waals surface area (Å²) < 4.78 is 24.2. The first-order chi connectivity index (χ1) is 16.3. The lowest BCUT2D eigenvalue weighted by Gasteiger charge is -2.26. The molecule has 1 fully saturated rings. The largest absolute Gasteiger partial charge is 0.507 e. The highest BCUT2D eigenvalue weighted by Gasteiger charge is 2.47. The first-order valence-corrected chi connectivity index (χ1v) is 10.8. The number of aliphatic hydroxyl groups is 1. The Morgan fingerprint density at radius 1 is 0.971 bits per heavy atom. The summed E-state index contributed by atoms with van der Waals surface area (Å²) in [5.74, 6) is -2.06. The summed E-state index contributed by atoms with van der Waals surface area (Å²) in [4.78, 5) is 27.5. The number of benzene rings is 3. The number of anilines is 1. The van der Waals surface area contributed by atoms with Crippen molar-refractivity contribution in [1.82, 2.24) is 0 Å². The lowest BCUT2D eigenvalue weighted by Crippen LogP contribution is -2.29. The van der Waals surface area contributed by atoms with E-state index >= 15 is 0 Å².